The van der Waals surface area contributed by atoms with Crippen LogP contribution in [0.4, 0.5) is 0 Å². The molecule has 0 fully saturated rings. The molecule has 2 aromatic heterocycles. The summed E-state index contributed by atoms with van der Waals surface area (Å²) in [5.41, 5.74) is 0.376. The van der Waals surface area contributed by atoms with Crippen molar-refractivity contribution in [2.75, 3.05) is 0 Å². The monoisotopic (exact) mass is 467 g/mol. The van der Waals surface area contributed by atoms with Crippen LogP contribution in [0.25, 0.3) is 11.2 Å². The van der Waals surface area contributed by atoms with Crippen molar-refractivity contribution >= 4 is 34.3 Å². The SMILES string of the molecule is Cn1c(=O)c2ncc(C[P+](c3ccccc3)(c3ccccc3)c3ccccc3)nc2n(C)c1=O. The second kappa shape index (κ2) is 8.81. The highest BCUT2D eigenvalue weighted by atomic mass is 31.2. The average Bonchev–Trinajstić information content (AvgIpc) is 2.91. The Labute approximate surface area is 197 Å². The number of rotatable bonds is 5. The number of benzene rings is 3. The van der Waals surface area contributed by atoms with Crippen LogP contribution in [0.2, 0.25) is 0 Å². The molecule has 7 heteroatoms. The van der Waals surface area contributed by atoms with Crippen molar-refractivity contribution in [1.29, 1.82) is 0 Å². The molecule has 5 rings (SSSR count). The molecule has 3 aromatic carbocycles. The highest BCUT2D eigenvalue weighted by molar-refractivity contribution is 7.95. The van der Waals surface area contributed by atoms with Crippen LogP contribution >= 0.6 is 7.26 Å². The Morgan fingerprint density at radius 3 is 1.65 bits per heavy atom. The molecule has 168 valence electrons. The summed E-state index contributed by atoms with van der Waals surface area (Å²) in [6.45, 7) is 0. The van der Waals surface area contributed by atoms with Crippen molar-refractivity contribution in [2.45, 2.75) is 6.16 Å². The van der Waals surface area contributed by atoms with Crippen molar-refractivity contribution in [2.24, 2.45) is 14.1 Å². The number of hydrogen-bond donors (Lipinski definition) is 0. The van der Waals surface area contributed by atoms with Crippen molar-refractivity contribution in [3.8, 4) is 0 Å². The van der Waals surface area contributed by atoms with E-state index in [0.29, 0.717) is 11.8 Å². The highest BCUT2D eigenvalue weighted by Crippen LogP contribution is 2.57. The van der Waals surface area contributed by atoms with Crippen molar-refractivity contribution < 1.29 is 0 Å². The van der Waals surface area contributed by atoms with Gasteiger partial charge in [-0.05, 0) is 36.4 Å². The Bertz CT molecular complexity index is 1480. The molecule has 6 nitrogen and oxygen atoms in total. The molecular weight excluding hydrogens is 443 g/mol. The van der Waals surface area contributed by atoms with Crippen molar-refractivity contribution in [1.82, 2.24) is 19.1 Å². The van der Waals surface area contributed by atoms with Gasteiger partial charge in [-0.15, -0.1) is 0 Å². The first kappa shape index (κ1) is 21.9. The van der Waals surface area contributed by atoms with Crippen LogP contribution in [0.5, 0.6) is 0 Å². The molecule has 0 aliphatic rings. The lowest BCUT2D eigenvalue weighted by molar-refractivity contribution is 0.703. The first-order valence-corrected chi connectivity index (χ1v) is 13.0. The molecule has 34 heavy (non-hydrogen) atoms. The number of fused-ring (bicyclic) bond motifs is 1. The lowest BCUT2D eigenvalue weighted by Crippen LogP contribution is -2.38. The Kier molecular flexibility index (Phi) is 5.68. The van der Waals surface area contributed by atoms with Gasteiger partial charge in [0.1, 0.15) is 29.3 Å². The van der Waals surface area contributed by atoms with E-state index in [4.69, 9.17) is 4.98 Å². The molecule has 0 saturated heterocycles. The van der Waals surface area contributed by atoms with Crippen LogP contribution < -0.4 is 27.2 Å². The Balaban J connectivity index is 1.80. The molecule has 0 radical (unpaired) electrons. The molecule has 0 aliphatic carbocycles. The lowest BCUT2D eigenvalue weighted by atomic mass is 10.3. The Morgan fingerprint density at radius 2 is 1.18 bits per heavy atom. The number of nitrogens with zero attached hydrogens (tertiary/aromatic N) is 4. The van der Waals surface area contributed by atoms with E-state index in [1.807, 2.05) is 18.2 Å². The van der Waals surface area contributed by atoms with E-state index < -0.39 is 18.5 Å². The maximum absolute atomic E-state index is 12.6. The van der Waals surface area contributed by atoms with Crippen LogP contribution in [0.1, 0.15) is 5.69 Å². The van der Waals surface area contributed by atoms with Gasteiger partial charge in [-0.1, -0.05) is 54.6 Å². The second-order valence-corrected chi connectivity index (χ2v) is 11.7. The summed E-state index contributed by atoms with van der Waals surface area (Å²) in [6, 6.07) is 31.5. The predicted octanol–water partition coefficient (Wildman–Crippen LogP) is 2.52. The molecule has 0 atom stereocenters. The first-order valence-electron chi connectivity index (χ1n) is 11.0. The molecule has 2 heterocycles. The molecule has 0 aliphatic heterocycles. The fourth-order valence-electron chi connectivity index (χ4n) is 4.45. The Morgan fingerprint density at radius 1 is 0.706 bits per heavy atom. The lowest BCUT2D eigenvalue weighted by Gasteiger charge is -2.27. The van der Waals surface area contributed by atoms with Gasteiger partial charge in [0.05, 0.1) is 11.9 Å². The summed E-state index contributed by atoms with van der Waals surface area (Å²) in [7, 11) is 0.902. The summed E-state index contributed by atoms with van der Waals surface area (Å²) in [4.78, 5) is 34.4. The normalized spacial score (nSPS) is 11.6. The summed E-state index contributed by atoms with van der Waals surface area (Å²) < 4.78 is 2.45. The van der Waals surface area contributed by atoms with Gasteiger partial charge < -0.3 is 0 Å². The van der Waals surface area contributed by atoms with Gasteiger partial charge in [0.15, 0.2) is 11.2 Å². The fourth-order valence-corrected chi connectivity index (χ4v) is 8.57. The van der Waals surface area contributed by atoms with E-state index in [0.717, 1.165) is 10.3 Å². The molecule has 5 aromatic rings. The highest BCUT2D eigenvalue weighted by Gasteiger charge is 2.46. The zero-order valence-corrected chi connectivity index (χ0v) is 19.9. The van der Waals surface area contributed by atoms with E-state index in [-0.39, 0.29) is 5.52 Å². The zero-order chi connectivity index (χ0) is 23.7. The molecular formula is C27H24N4O2P+. The zero-order valence-electron chi connectivity index (χ0n) is 19.0. The summed E-state index contributed by atoms with van der Waals surface area (Å²) in [6.07, 6.45) is 2.29. The minimum atomic E-state index is -2.17. The standard InChI is InChI=1S/C27H24N4O2P/c1-30-25-24(26(32)31(2)27(30)33)28-18-20(29-25)19-34(21-12-6-3-7-13-21,22-14-8-4-9-15-22)23-16-10-5-11-17-23/h3-18H,19H2,1-2H3/q+1. The van der Waals surface area contributed by atoms with Crippen molar-refractivity contribution in [3.63, 3.8) is 0 Å². The average molecular weight is 467 g/mol. The van der Waals surface area contributed by atoms with Gasteiger partial charge in [-0.3, -0.25) is 13.9 Å². The Hall–Kier alpha value is -3.89. The van der Waals surface area contributed by atoms with Crippen LogP contribution in [0, 0.1) is 0 Å². The van der Waals surface area contributed by atoms with Gasteiger partial charge in [0.2, 0.25) is 0 Å². The van der Waals surface area contributed by atoms with Gasteiger partial charge in [-0.25, -0.2) is 14.8 Å². The molecule has 0 N–H and O–H groups in total. The molecule has 0 saturated carbocycles. The summed E-state index contributed by atoms with van der Waals surface area (Å²) >= 11 is 0. The quantitative estimate of drug-likeness (QED) is 0.373. The van der Waals surface area contributed by atoms with Gasteiger partial charge in [0.25, 0.3) is 5.56 Å². The van der Waals surface area contributed by atoms with E-state index in [2.05, 4.69) is 77.8 Å². The summed E-state index contributed by atoms with van der Waals surface area (Å²) in [5, 5.41) is 3.69. The topological polar surface area (TPSA) is 69.8 Å². The third-order valence-corrected chi connectivity index (χ3v) is 10.5. The summed E-state index contributed by atoms with van der Waals surface area (Å²) in [5.74, 6) is 0. The molecule has 0 spiro atoms. The largest absolute Gasteiger partial charge is 0.332 e. The van der Waals surface area contributed by atoms with Crippen LogP contribution in [-0.4, -0.2) is 19.1 Å². The fraction of sp³-hybridized carbons (Fsp3) is 0.111. The van der Waals surface area contributed by atoms with Gasteiger partial charge in [0, 0.05) is 14.1 Å². The van der Waals surface area contributed by atoms with Gasteiger partial charge in [-0.2, -0.15) is 0 Å². The van der Waals surface area contributed by atoms with Gasteiger partial charge >= 0.3 is 5.69 Å². The van der Waals surface area contributed by atoms with E-state index >= 15 is 0 Å². The maximum atomic E-state index is 12.6. The second-order valence-electron chi connectivity index (χ2n) is 8.21. The van der Waals surface area contributed by atoms with Crippen LogP contribution in [0.15, 0.2) is 107 Å². The van der Waals surface area contributed by atoms with Crippen LogP contribution in [0.3, 0.4) is 0 Å². The smallest absolute Gasteiger partial charge is 0.279 e. The predicted molar refractivity (Wildman–Crippen MR) is 139 cm³/mol. The molecule has 0 unspecified atom stereocenters. The minimum Gasteiger partial charge on any atom is -0.279 e. The molecule has 0 bridgehead atoms. The van der Waals surface area contributed by atoms with Crippen LogP contribution in [-0.2, 0) is 20.3 Å². The van der Waals surface area contributed by atoms with E-state index in [9.17, 15) is 9.59 Å². The molecule has 0 amide bonds. The number of hydrogen-bond acceptors (Lipinski definition) is 4. The first-order chi connectivity index (χ1) is 16.5. The maximum Gasteiger partial charge on any atom is 0.332 e. The third kappa shape index (κ3) is 3.57. The third-order valence-electron chi connectivity index (χ3n) is 6.19. The van der Waals surface area contributed by atoms with Crippen molar-refractivity contribution in [3.05, 3.63) is 124 Å². The van der Waals surface area contributed by atoms with E-state index in [1.165, 1.54) is 27.5 Å². The number of aromatic nitrogens is 4. The minimum absolute atomic E-state index is 0.191. The number of aryl methyl sites for hydroxylation is 1. The van der Waals surface area contributed by atoms with E-state index in [1.54, 1.807) is 13.2 Å².